The fourth-order valence-electron chi connectivity index (χ4n) is 2.80. The Balaban J connectivity index is 1.76. The average molecular weight is 378 g/mol. The van der Waals surface area contributed by atoms with E-state index in [0.717, 1.165) is 0 Å². The molecule has 0 unspecified atom stereocenters. The van der Waals surface area contributed by atoms with Gasteiger partial charge in [0.2, 0.25) is 15.9 Å². The van der Waals surface area contributed by atoms with Gasteiger partial charge in [-0.1, -0.05) is 18.2 Å². The van der Waals surface area contributed by atoms with Crippen molar-refractivity contribution in [3.05, 3.63) is 53.8 Å². The molecular weight excluding hydrogens is 359 g/mol. The monoisotopic (exact) mass is 378 g/mol. The van der Waals surface area contributed by atoms with E-state index in [-0.39, 0.29) is 29.6 Å². The SMILES string of the molecule is CC(=O)N1CCOc2ccc(S(=O)(=O)NCCc3ccccc3F)cc21. The molecule has 0 spiro atoms. The molecule has 1 N–H and O–H groups in total. The van der Waals surface area contributed by atoms with Crippen LogP contribution in [0.4, 0.5) is 10.1 Å². The predicted octanol–water partition coefficient (Wildman–Crippen LogP) is 2.09. The maximum Gasteiger partial charge on any atom is 0.240 e. The Bertz CT molecular complexity index is 931. The summed E-state index contributed by atoms with van der Waals surface area (Å²) in [5.41, 5.74) is 0.873. The van der Waals surface area contributed by atoms with Crippen LogP contribution in [0.15, 0.2) is 47.4 Å². The van der Waals surface area contributed by atoms with Crippen molar-refractivity contribution < 1.29 is 22.3 Å². The molecule has 2 aromatic rings. The number of halogens is 1. The molecule has 0 radical (unpaired) electrons. The van der Waals surface area contributed by atoms with Crippen molar-refractivity contribution in [2.45, 2.75) is 18.2 Å². The normalized spacial score (nSPS) is 13.8. The Hall–Kier alpha value is -2.45. The summed E-state index contributed by atoms with van der Waals surface area (Å²) in [4.78, 5) is 13.3. The van der Waals surface area contributed by atoms with Crippen LogP contribution in [0.5, 0.6) is 5.75 Å². The first-order valence-corrected chi connectivity index (χ1v) is 9.65. The number of ether oxygens (including phenoxy) is 1. The number of rotatable bonds is 5. The molecule has 6 nitrogen and oxygen atoms in total. The molecule has 1 heterocycles. The van der Waals surface area contributed by atoms with E-state index in [4.69, 9.17) is 4.74 Å². The van der Waals surface area contributed by atoms with E-state index in [1.54, 1.807) is 18.2 Å². The van der Waals surface area contributed by atoms with Crippen molar-refractivity contribution in [1.82, 2.24) is 4.72 Å². The first kappa shape index (κ1) is 18.3. The highest BCUT2D eigenvalue weighted by molar-refractivity contribution is 7.89. The highest BCUT2D eigenvalue weighted by Gasteiger charge is 2.24. The number of sulfonamides is 1. The Morgan fingerprint density at radius 1 is 1.27 bits per heavy atom. The molecule has 2 aromatic carbocycles. The van der Waals surface area contributed by atoms with E-state index in [1.807, 2.05) is 0 Å². The number of nitrogens with one attached hydrogen (secondary N) is 1. The molecule has 1 aliphatic rings. The number of hydrogen-bond acceptors (Lipinski definition) is 4. The molecule has 0 saturated heterocycles. The van der Waals surface area contributed by atoms with Gasteiger partial charge in [0.25, 0.3) is 0 Å². The smallest absolute Gasteiger partial charge is 0.240 e. The van der Waals surface area contributed by atoms with Crippen molar-refractivity contribution in [1.29, 1.82) is 0 Å². The van der Waals surface area contributed by atoms with Crippen LogP contribution in [0, 0.1) is 5.82 Å². The first-order chi connectivity index (χ1) is 12.4. The van der Waals surface area contributed by atoms with E-state index in [1.165, 1.54) is 36.1 Å². The van der Waals surface area contributed by atoms with Gasteiger partial charge in [0.15, 0.2) is 0 Å². The number of benzene rings is 2. The van der Waals surface area contributed by atoms with Crippen molar-refractivity contribution in [3.8, 4) is 5.75 Å². The Morgan fingerprint density at radius 2 is 2.04 bits per heavy atom. The molecule has 26 heavy (non-hydrogen) atoms. The number of carbonyl (C=O) groups excluding carboxylic acids is 1. The number of carbonyl (C=O) groups is 1. The minimum Gasteiger partial charge on any atom is -0.490 e. The second-order valence-electron chi connectivity index (χ2n) is 5.89. The maximum atomic E-state index is 13.6. The fraction of sp³-hybridized carbons (Fsp3) is 0.278. The van der Waals surface area contributed by atoms with Crippen LogP contribution in [0.2, 0.25) is 0 Å². The van der Waals surface area contributed by atoms with Crippen LogP contribution in [-0.4, -0.2) is 34.0 Å². The number of nitrogens with zero attached hydrogens (tertiary/aromatic N) is 1. The standard InChI is InChI=1S/C18H19FN2O4S/c1-13(22)21-10-11-25-18-7-6-15(12-17(18)21)26(23,24)20-9-8-14-4-2-3-5-16(14)19/h2-7,12,20H,8-11H2,1H3. The summed E-state index contributed by atoms with van der Waals surface area (Å²) >= 11 is 0. The lowest BCUT2D eigenvalue weighted by Gasteiger charge is -2.29. The van der Waals surface area contributed by atoms with Gasteiger partial charge in [-0.15, -0.1) is 0 Å². The van der Waals surface area contributed by atoms with E-state index in [0.29, 0.717) is 30.2 Å². The van der Waals surface area contributed by atoms with Crippen LogP contribution in [-0.2, 0) is 21.2 Å². The van der Waals surface area contributed by atoms with Gasteiger partial charge < -0.3 is 9.64 Å². The van der Waals surface area contributed by atoms with E-state index in [9.17, 15) is 17.6 Å². The predicted molar refractivity (Wildman–Crippen MR) is 95.3 cm³/mol. The van der Waals surface area contributed by atoms with Crippen molar-refractivity contribution in [3.63, 3.8) is 0 Å². The van der Waals surface area contributed by atoms with E-state index < -0.39 is 10.0 Å². The summed E-state index contributed by atoms with van der Waals surface area (Å²) in [6.45, 7) is 2.21. The topological polar surface area (TPSA) is 75.7 Å². The van der Waals surface area contributed by atoms with Crippen LogP contribution in [0.3, 0.4) is 0 Å². The van der Waals surface area contributed by atoms with Crippen molar-refractivity contribution in [2.75, 3.05) is 24.6 Å². The summed E-state index contributed by atoms with van der Waals surface area (Å²) in [7, 11) is -3.79. The third-order valence-corrected chi connectivity index (χ3v) is 5.59. The van der Waals surface area contributed by atoms with Gasteiger partial charge in [0.05, 0.1) is 17.1 Å². The van der Waals surface area contributed by atoms with Crippen LogP contribution >= 0.6 is 0 Å². The molecule has 138 valence electrons. The third-order valence-electron chi connectivity index (χ3n) is 4.13. The molecule has 0 aromatic heterocycles. The Morgan fingerprint density at radius 3 is 2.77 bits per heavy atom. The molecule has 0 bridgehead atoms. The van der Waals surface area contributed by atoms with Crippen LogP contribution < -0.4 is 14.4 Å². The molecule has 0 aliphatic carbocycles. The summed E-state index contributed by atoms with van der Waals surface area (Å²) in [5, 5.41) is 0. The lowest BCUT2D eigenvalue weighted by molar-refractivity contribution is -0.116. The molecule has 0 atom stereocenters. The summed E-state index contributed by atoms with van der Waals surface area (Å²) in [5.74, 6) is -0.0805. The largest absolute Gasteiger partial charge is 0.490 e. The highest BCUT2D eigenvalue weighted by Crippen LogP contribution is 2.33. The second-order valence-corrected chi connectivity index (χ2v) is 7.65. The summed E-state index contributed by atoms with van der Waals surface area (Å²) in [6.07, 6.45) is 0.236. The minimum absolute atomic E-state index is 0.0292. The molecule has 1 amide bonds. The van der Waals surface area contributed by atoms with E-state index >= 15 is 0 Å². The lowest BCUT2D eigenvalue weighted by Crippen LogP contribution is -2.36. The number of amides is 1. The molecule has 0 fully saturated rings. The molecule has 1 aliphatic heterocycles. The summed E-state index contributed by atoms with van der Waals surface area (Å²) in [6, 6.07) is 10.6. The molecule has 8 heteroatoms. The number of hydrogen-bond donors (Lipinski definition) is 1. The van der Waals surface area contributed by atoms with Gasteiger partial charge in [-0.25, -0.2) is 17.5 Å². The molecule has 3 rings (SSSR count). The maximum absolute atomic E-state index is 13.6. The van der Waals surface area contributed by atoms with Gasteiger partial charge in [0.1, 0.15) is 18.2 Å². The average Bonchev–Trinajstić information content (AvgIpc) is 2.62. The van der Waals surface area contributed by atoms with E-state index in [2.05, 4.69) is 4.72 Å². The van der Waals surface area contributed by atoms with Crippen LogP contribution in [0.25, 0.3) is 0 Å². The first-order valence-electron chi connectivity index (χ1n) is 8.16. The van der Waals surface area contributed by atoms with Crippen molar-refractivity contribution in [2.24, 2.45) is 0 Å². The Kier molecular flexibility index (Phi) is 5.24. The van der Waals surface area contributed by atoms with Gasteiger partial charge >= 0.3 is 0 Å². The molecular formula is C18H19FN2O4S. The van der Waals surface area contributed by atoms with Gasteiger partial charge in [0, 0.05) is 13.5 Å². The number of fused-ring (bicyclic) bond motifs is 1. The van der Waals surface area contributed by atoms with Crippen molar-refractivity contribution >= 4 is 21.6 Å². The second kappa shape index (κ2) is 7.43. The third kappa shape index (κ3) is 3.86. The van der Waals surface area contributed by atoms with Crippen LogP contribution in [0.1, 0.15) is 12.5 Å². The zero-order valence-electron chi connectivity index (χ0n) is 14.2. The summed E-state index contributed by atoms with van der Waals surface area (Å²) < 4.78 is 46.6. The lowest BCUT2D eigenvalue weighted by atomic mass is 10.1. The highest BCUT2D eigenvalue weighted by atomic mass is 32.2. The molecule has 0 saturated carbocycles. The number of anilines is 1. The quantitative estimate of drug-likeness (QED) is 0.865. The zero-order chi connectivity index (χ0) is 18.7. The Labute approximate surface area is 151 Å². The fourth-order valence-corrected chi connectivity index (χ4v) is 3.85. The van der Waals surface area contributed by atoms with Gasteiger partial charge in [-0.05, 0) is 36.2 Å². The minimum atomic E-state index is -3.79. The van der Waals surface area contributed by atoms with Gasteiger partial charge in [-0.2, -0.15) is 0 Å². The van der Waals surface area contributed by atoms with Gasteiger partial charge in [-0.3, -0.25) is 4.79 Å². The zero-order valence-corrected chi connectivity index (χ0v) is 15.1.